The van der Waals surface area contributed by atoms with E-state index in [4.69, 9.17) is 4.74 Å². The van der Waals surface area contributed by atoms with Crippen LogP contribution in [0.25, 0.3) is 0 Å². The second-order valence-corrected chi connectivity index (χ2v) is 15.3. The molecular weight excluding hydrogens is 674 g/mol. The predicted octanol–water partition coefficient (Wildman–Crippen LogP) is 6.20. The molecule has 2 aliphatic heterocycles. The monoisotopic (exact) mass is 701 g/mol. The third-order valence-corrected chi connectivity index (χ3v) is 12.9. The zero-order valence-electron chi connectivity index (χ0n) is 24.1. The van der Waals surface area contributed by atoms with Crippen LogP contribution in [0.3, 0.4) is 0 Å². The number of aryl methyl sites for hydroxylation is 1. The van der Waals surface area contributed by atoms with Gasteiger partial charge in [-0.3, -0.25) is 24.1 Å². The van der Waals surface area contributed by atoms with E-state index in [1.54, 1.807) is 23.9 Å². The van der Waals surface area contributed by atoms with Gasteiger partial charge in [-0.2, -0.15) is 0 Å². The number of thioether (sulfide) groups is 1. The highest BCUT2D eigenvalue weighted by Gasteiger charge is 2.69. The first kappa shape index (κ1) is 28.8. The molecule has 2 N–H and O–H groups in total. The van der Waals surface area contributed by atoms with Crippen LogP contribution in [0.1, 0.15) is 28.3 Å². The number of fused-ring (bicyclic) bond motifs is 9. The van der Waals surface area contributed by atoms with Crippen LogP contribution in [0.15, 0.2) is 87.1 Å². The number of aromatic amines is 1. The molecule has 6 unspecified atom stereocenters. The fourth-order valence-electron chi connectivity index (χ4n) is 8.06. The quantitative estimate of drug-likeness (QED) is 0.232. The number of carbonyl (C=O) groups excluding carboxylic acids is 3. The normalized spacial score (nSPS) is 27.7. The van der Waals surface area contributed by atoms with Crippen LogP contribution in [-0.4, -0.2) is 34.6 Å². The molecule has 0 spiro atoms. The third kappa shape index (κ3) is 4.70. The van der Waals surface area contributed by atoms with Gasteiger partial charge in [0, 0.05) is 31.8 Å². The van der Waals surface area contributed by atoms with Gasteiger partial charge in [0.1, 0.15) is 5.75 Å². The Kier molecular flexibility index (Phi) is 7.03. The molecule has 2 aliphatic carbocycles. The van der Waals surface area contributed by atoms with Crippen molar-refractivity contribution in [1.29, 1.82) is 0 Å². The Bertz CT molecular complexity index is 1910. The van der Waals surface area contributed by atoms with Crippen LogP contribution in [0.4, 0.5) is 11.4 Å². The van der Waals surface area contributed by atoms with Gasteiger partial charge in [0.15, 0.2) is 6.61 Å². The molecular formula is C34H28BrN3O5S2. The number of halogens is 1. The number of imide groups is 1. The largest absolute Gasteiger partial charge is 0.483 e. The minimum atomic E-state index is -0.402. The second kappa shape index (κ2) is 11.0. The maximum Gasteiger partial charge on any atom is 0.305 e. The van der Waals surface area contributed by atoms with Gasteiger partial charge >= 0.3 is 4.87 Å². The Hall–Kier alpha value is -3.67. The molecule has 3 amide bonds. The van der Waals surface area contributed by atoms with Crippen molar-refractivity contribution in [3.63, 3.8) is 0 Å². The molecule has 11 heteroatoms. The first-order valence-corrected chi connectivity index (χ1v) is 17.4. The number of H-pyrrole nitrogens is 1. The minimum absolute atomic E-state index is 0.0133. The van der Waals surface area contributed by atoms with Gasteiger partial charge < -0.3 is 15.0 Å². The summed E-state index contributed by atoms with van der Waals surface area (Å²) in [7, 11) is 0. The number of hydrogen-bond donors (Lipinski definition) is 2. The Morgan fingerprint density at radius 1 is 0.978 bits per heavy atom. The van der Waals surface area contributed by atoms with Crippen LogP contribution in [0.2, 0.25) is 0 Å². The van der Waals surface area contributed by atoms with Gasteiger partial charge in [0.2, 0.25) is 11.8 Å². The average Bonchev–Trinajstić information content (AvgIpc) is 3.77. The number of para-hydroxylation sites is 1. The van der Waals surface area contributed by atoms with E-state index in [1.807, 2.05) is 67.6 Å². The summed E-state index contributed by atoms with van der Waals surface area (Å²) in [4.78, 5) is 58.7. The summed E-state index contributed by atoms with van der Waals surface area (Å²) in [6.07, 6.45) is 0.793. The van der Waals surface area contributed by atoms with Crippen molar-refractivity contribution < 1.29 is 19.1 Å². The van der Waals surface area contributed by atoms with E-state index in [1.165, 1.54) is 16.2 Å². The molecule has 2 bridgehead atoms. The number of carbonyl (C=O) groups is 3. The Morgan fingerprint density at radius 2 is 1.69 bits per heavy atom. The average molecular weight is 703 g/mol. The molecule has 8 nitrogen and oxygen atoms in total. The molecule has 7 atom stereocenters. The molecule has 2 saturated carbocycles. The van der Waals surface area contributed by atoms with E-state index < -0.39 is 5.92 Å². The minimum Gasteiger partial charge on any atom is -0.483 e. The van der Waals surface area contributed by atoms with Gasteiger partial charge in [0.25, 0.3) is 5.91 Å². The molecule has 3 heterocycles. The molecule has 45 heavy (non-hydrogen) atoms. The van der Waals surface area contributed by atoms with Gasteiger partial charge in [-0.1, -0.05) is 63.2 Å². The highest BCUT2D eigenvalue weighted by Crippen LogP contribution is 2.69. The maximum absolute atomic E-state index is 14.0. The van der Waals surface area contributed by atoms with Crippen LogP contribution in [0, 0.1) is 36.5 Å². The van der Waals surface area contributed by atoms with Gasteiger partial charge in [-0.25, -0.2) is 0 Å². The Labute approximate surface area is 275 Å². The van der Waals surface area contributed by atoms with Crippen molar-refractivity contribution >= 4 is 68.1 Å². The standard InChI is InChI=1S/C34H28BrN3O5S2/c1-16-6-10-18(11-7-16)36-24(39)15-43-23-5-3-2-4-20(23)25-26-21-14-22(29(26)44-31-30(25)45-34(42)37-31)28-27(21)32(40)38(33(28)41)19-12-8-17(35)9-13-19/h2-13,21-22,25-29H,14-15H2,1H3,(H,36,39)(H,37,42)/t21?,22?,25-,26?,27?,28?,29?/m1/s1. The number of rotatable bonds is 6. The smallest absolute Gasteiger partial charge is 0.305 e. The summed E-state index contributed by atoms with van der Waals surface area (Å²) in [6, 6.07) is 22.5. The van der Waals surface area contributed by atoms with Crippen molar-refractivity contribution in [2.75, 3.05) is 16.8 Å². The number of nitrogens with one attached hydrogen (secondary N) is 2. The maximum atomic E-state index is 14.0. The Morgan fingerprint density at radius 3 is 2.44 bits per heavy atom. The molecule has 228 valence electrons. The van der Waals surface area contributed by atoms with Crippen LogP contribution in [-0.2, 0) is 14.4 Å². The first-order valence-electron chi connectivity index (χ1n) is 14.9. The summed E-state index contributed by atoms with van der Waals surface area (Å²) < 4.78 is 7.05. The molecule has 3 fully saturated rings. The van der Waals surface area contributed by atoms with E-state index >= 15 is 0 Å². The highest BCUT2D eigenvalue weighted by molar-refractivity contribution is 9.10. The molecule has 4 aromatic rings. The van der Waals surface area contributed by atoms with Crippen molar-refractivity contribution in [2.24, 2.45) is 29.6 Å². The summed E-state index contributed by atoms with van der Waals surface area (Å²) in [5.41, 5.74) is 3.28. The number of thiazole rings is 1. The summed E-state index contributed by atoms with van der Waals surface area (Å²) in [5.74, 6) is -0.935. The van der Waals surface area contributed by atoms with E-state index in [-0.39, 0.29) is 64.0 Å². The first-order chi connectivity index (χ1) is 21.8. The van der Waals surface area contributed by atoms with Crippen molar-refractivity contribution in [3.8, 4) is 5.75 Å². The van der Waals surface area contributed by atoms with Gasteiger partial charge in [0.05, 0.1) is 22.5 Å². The molecule has 3 aromatic carbocycles. The summed E-state index contributed by atoms with van der Waals surface area (Å²) >= 11 is 6.29. The number of amides is 3. The Balaban J connectivity index is 1.12. The lowest BCUT2D eigenvalue weighted by molar-refractivity contribution is -0.123. The summed E-state index contributed by atoms with van der Waals surface area (Å²) in [5, 5.41) is 3.76. The van der Waals surface area contributed by atoms with Crippen LogP contribution < -0.4 is 19.8 Å². The lowest BCUT2D eigenvalue weighted by Crippen LogP contribution is -2.42. The van der Waals surface area contributed by atoms with Crippen molar-refractivity contribution in [3.05, 3.63) is 103 Å². The number of nitrogens with zero attached hydrogens (tertiary/aromatic N) is 1. The number of anilines is 2. The lowest BCUT2D eigenvalue weighted by Gasteiger charge is -2.43. The summed E-state index contributed by atoms with van der Waals surface area (Å²) in [6.45, 7) is 1.81. The van der Waals surface area contributed by atoms with Gasteiger partial charge in [-0.15, -0.1) is 11.8 Å². The lowest BCUT2D eigenvalue weighted by atomic mass is 9.68. The zero-order chi connectivity index (χ0) is 31.0. The second-order valence-electron chi connectivity index (χ2n) is 12.2. The molecule has 0 radical (unpaired) electrons. The van der Waals surface area contributed by atoms with E-state index in [0.29, 0.717) is 17.1 Å². The zero-order valence-corrected chi connectivity index (χ0v) is 27.3. The van der Waals surface area contributed by atoms with Crippen LogP contribution >= 0.6 is 39.0 Å². The molecule has 4 aliphatic rings. The molecule has 8 rings (SSSR count). The molecule has 1 saturated heterocycles. The molecule has 1 aromatic heterocycles. The topological polar surface area (TPSA) is 109 Å². The number of benzene rings is 3. The third-order valence-electron chi connectivity index (χ3n) is 9.76. The number of ether oxygens (including phenoxy) is 1. The van der Waals surface area contributed by atoms with Crippen molar-refractivity contribution in [2.45, 2.75) is 29.5 Å². The highest BCUT2D eigenvalue weighted by atomic mass is 79.9. The number of hydrogen-bond acceptors (Lipinski definition) is 7. The van der Waals surface area contributed by atoms with Crippen molar-refractivity contribution in [1.82, 2.24) is 4.98 Å². The van der Waals surface area contributed by atoms with Crippen LogP contribution in [0.5, 0.6) is 5.75 Å². The fraction of sp³-hybridized carbons (Fsp3) is 0.294. The van der Waals surface area contributed by atoms with E-state index in [2.05, 4.69) is 26.2 Å². The number of aromatic nitrogens is 1. The van der Waals surface area contributed by atoms with Gasteiger partial charge in [-0.05, 0) is 73.6 Å². The van der Waals surface area contributed by atoms with E-state index in [9.17, 15) is 19.2 Å². The SMILES string of the molecule is Cc1ccc(NC(=O)COc2ccccc2[C@H]2c3sc(=O)[nH]c3SC3C4CC(C5C(=O)N(c6ccc(Br)cc6)C(=O)C45)C32)cc1. The van der Waals surface area contributed by atoms with E-state index in [0.717, 1.165) is 31.9 Å². The predicted molar refractivity (Wildman–Crippen MR) is 177 cm³/mol. The fourth-order valence-corrected chi connectivity index (χ4v) is 11.2.